The van der Waals surface area contributed by atoms with Crippen LogP contribution in [0.1, 0.15) is 23.2 Å². The van der Waals surface area contributed by atoms with Crippen LogP contribution >= 0.6 is 24.0 Å². The average Bonchev–Trinajstić information content (AvgIpc) is 2.43. The molecule has 0 aromatic heterocycles. The molecule has 1 heterocycles. The first-order valence-corrected chi connectivity index (χ1v) is 6.99. The van der Waals surface area contributed by atoms with E-state index in [1.54, 1.807) is 4.90 Å². The molecule has 118 valence electrons. The maximum absolute atomic E-state index is 13.3. The van der Waals surface area contributed by atoms with Crippen LogP contribution in [0, 0.1) is 17.6 Å². The lowest BCUT2D eigenvalue weighted by atomic mass is 9.97. The molecule has 1 saturated heterocycles. The first-order valence-electron chi connectivity index (χ1n) is 6.61. The van der Waals surface area contributed by atoms with Gasteiger partial charge in [0, 0.05) is 13.1 Å². The Morgan fingerprint density at radius 3 is 2.76 bits per heavy atom. The van der Waals surface area contributed by atoms with Gasteiger partial charge in [-0.25, -0.2) is 8.78 Å². The summed E-state index contributed by atoms with van der Waals surface area (Å²) in [5, 5.41) is 3.04. The largest absolute Gasteiger partial charge is 0.338 e. The molecule has 0 radical (unpaired) electrons. The normalized spacial score (nSPS) is 18.3. The fourth-order valence-electron chi connectivity index (χ4n) is 2.56. The molecular weight excluding hydrogens is 321 g/mol. The topological polar surface area (TPSA) is 32.3 Å². The number of rotatable bonds is 3. The summed E-state index contributed by atoms with van der Waals surface area (Å²) in [7, 11) is 1.87. The van der Waals surface area contributed by atoms with Crippen molar-refractivity contribution in [1.82, 2.24) is 10.2 Å². The number of hydrogen-bond acceptors (Lipinski definition) is 2. The molecule has 3 nitrogen and oxygen atoms in total. The number of piperidine rings is 1. The van der Waals surface area contributed by atoms with Crippen LogP contribution in [0.4, 0.5) is 8.78 Å². The number of halogens is 4. The number of carbonyl (C=O) groups is 1. The zero-order valence-corrected chi connectivity index (χ0v) is 13.2. The average molecular weight is 339 g/mol. The standard InChI is InChI=1S/C14H17ClF2N2O.ClH/c1-18-7-9-3-2-4-19(8-9)14(20)10-5-12(16)13(17)6-11(10)15;/h5-6,9,18H,2-4,7-8H2,1H3;1H. The van der Waals surface area contributed by atoms with E-state index < -0.39 is 11.6 Å². The van der Waals surface area contributed by atoms with Crippen molar-refractivity contribution in [3.8, 4) is 0 Å². The Morgan fingerprint density at radius 1 is 1.43 bits per heavy atom. The molecule has 7 heteroatoms. The fourth-order valence-corrected chi connectivity index (χ4v) is 2.79. The molecule has 0 bridgehead atoms. The number of nitrogens with one attached hydrogen (secondary N) is 1. The summed E-state index contributed by atoms with van der Waals surface area (Å²) in [4.78, 5) is 14.0. The fraction of sp³-hybridized carbons (Fsp3) is 0.500. The van der Waals surface area contributed by atoms with E-state index in [-0.39, 0.29) is 28.9 Å². The van der Waals surface area contributed by atoms with Gasteiger partial charge in [-0.05, 0) is 44.5 Å². The van der Waals surface area contributed by atoms with Gasteiger partial charge in [-0.3, -0.25) is 4.79 Å². The van der Waals surface area contributed by atoms with Crippen molar-refractivity contribution in [2.45, 2.75) is 12.8 Å². The van der Waals surface area contributed by atoms with Crippen molar-refractivity contribution in [3.63, 3.8) is 0 Å². The zero-order valence-electron chi connectivity index (χ0n) is 11.7. The van der Waals surface area contributed by atoms with Crippen LogP contribution in [0.2, 0.25) is 5.02 Å². The molecule has 1 fully saturated rings. The SMILES string of the molecule is CNCC1CCCN(C(=O)c2cc(F)c(F)cc2Cl)C1.Cl. The van der Waals surface area contributed by atoms with E-state index >= 15 is 0 Å². The quantitative estimate of drug-likeness (QED) is 0.859. The summed E-state index contributed by atoms with van der Waals surface area (Å²) in [6, 6.07) is 1.72. The highest BCUT2D eigenvalue weighted by molar-refractivity contribution is 6.33. The van der Waals surface area contributed by atoms with E-state index in [0.717, 1.165) is 31.5 Å². The Labute approximate surface area is 134 Å². The Kier molecular flexibility index (Phi) is 6.84. The van der Waals surface area contributed by atoms with Crippen LogP contribution in [-0.2, 0) is 0 Å². The molecule has 2 rings (SSSR count). The third kappa shape index (κ3) is 4.28. The molecular formula is C14H18Cl2F2N2O. The summed E-state index contributed by atoms with van der Waals surface area (Å²) >= 11 is 5.85. The number of likely N-dealkylation sites (tertiary alicyclic amines) is 1. The van der Waals surface area contributed by atoms with E-state index in [1.807, 2.05) is 7.05 Å². The van der Waals surface area contributed by atoms with Gasteiger partial charge in [-0.2, -0.15) is 0 Å². The Balaban J connectivity index is 0.00000220. The summed E-state index contributed by atoms with van der Waals surface area (Å²) in [6.07, 6.45) is 1.95. The van der Waals surface area contributed by atoms with Gasteiger partial charge in [0.1, 0.15) is 0 Å². The van der Waals surface area contributed by atoms with Crippen molar-refractivity contribution in [2.24, 2.45) is 5.92 Å². The molecule has 1 aliphatic heterocycles. The molecule has 1 atom stereocenters. The van der Waals surface area contributed by atoms with E-state index in [9.17, 15) is 13.6 Å². The lowest BCUT2D eigenvalue weighted by Crippen LogP contribution is -2.42. The molecule has 21 heavy (non-hydrogen) atoms. The van der Waals surface area contributed by atoms with Gasteiger partial charge in [-0.1, -0.05) is 11.6 Å². The first-order chi connectivity index (χ1) is 9.52. The lowest BCUT2D eigenvalue weighted by Gasteiger charge is -2.33. The molecule has 1 aliphatic rings. The second-order valence-corrected chi connectivity index (χ2v) is 5.47. The predicted octanol–water partition coefficient (Wildman–Crippen LogP) is 3.11. The van der Waals surface area contributed by atoms with E-state index in [1.165, 1.54) is 0 Å². The third-order valence-electron chi connectivity index (χ3n) is 3.54. The summed E-state index contributed by atoms with van der Waals surface area (Å²) in [6.45, 7) is 2.05. The van der Waals surface area contributed by atoms with Crippen LogP contribution in [0.25, 0.3) is 0 Å². The maximum atomic E-state index is 13.3. The van der Waals surface area contributed by atoms with Crippen molar-refractivity contribution in [2.75, 3.05) is 26.7 Å². The van der Waals surface area contributed by atoms with Crippen molar-refractivity contribution < 1.29 is 13.6 Å². The second-order valence-electron chi connectivity index (χ2n) is 5.06. The third-order valence-corrected chi connectivity index (χ3v) is 3.85. The second kappa shape index (κ2) is 7.92. The maximum Gasteiger partial charge on any atom is 0.255 e. The Bertz CT molecular complexity index is 512. The van der Waals surface area contributed by atoms with Crippen molar-refractivity contribution in [1.29, 1.82) is 0 Å². The van der Waals surface area contributed by atoms with Gasteiger partial charge in [-0.15, -0.1) is 12.4 Å². The Morgan fingerprint density at radius 2 is 2.10 bits per heavy atom. The van der Waals surface area contributed by atoms with E-state index in [2.05, 4.69) is 5.32 Å². The minimum Gasteiger partial charge on any atom is -0.338 e. The number of nitrogens with zero attached hydrogens (tertiary/aromatic N) is 1. The van der Waals surface area contributed by atoms with E-state index in [4.69, 9.17) is 11.6 Å². The van der Waals surface area contributed by atoms with Gasteiger partial charge >= 0.3 is 0 Å². The number of benzene rings is 1. The van der Waals surface area contributed by atoms with Crippen LogP contribution in [-0.4, -0.2) is 37.5 Å². The highest BCUT2D eigenvalue weighted by Crippen LogP contribution is 2.24. The number of carbonyl (C=O) groups excluding carboxylic acids is 1. The highest BCUT2D eigenvalue weighted by atomic mass is 35.5. The minimum absolute atomic E-state index is 0. The number of amides is 1. The lowest BCUT2D eigenvalue weighted by molar-refractivity contribution is 0.0674. The molecule has 1 aromatic rings. The van der Waals surface area contributed by atoms with Gasteiger partial charge in [0.15, 0.2) is 11.6 Å². The van der Waals surface area contributed by atoms with Crippen LogP contribution in [0.5, 0.6) is 0 Å². The molecule has 1 unspecified atom stereocenters. The smallest absolute Gasteiger partial charge is 0.255 e. The number of hydrogen-bond donors (Lipinski definition) is 1. The van der Waals surface area contributed by atoms with Gasteiger partial charge in [0.2, 0.25) is 0 Å². The molecule has 0 spiro atoms. The van der Waals surface area contributed by atoms with Crippen molar-refractivity contribution in [3.05, 3.63) is 34.4 Å². The van der Waals surface area contributed by atoms with Crippen LogP contribution in [0.15, 0.2) is 12.1 Å². The predicted molar refractivity (Wildman–Crippen MR) is 81.2 cm³/mol. The van der Waals surface area contributed by atoms with Gasteiger partial charge < -0.3 is 10.2 Å². The summed E-state index contributed by atoms with van der Waals surface area (Å²) < 4.78 is 26.3. The monoisotopic (exact) mass is 338 g/mol. The summed E-state index contributed by atoms with van der Waals surface area (Å²) in [5.74, 6) is -2.06. The molecule has 1 amide bonds. The van der Waals surface area contributed by atoms with Crippen molar-refractivity contribution >= 4 is 29.9 Å². The van der Waals surface area contributed by atoms with Gasteiger partial charge in [0.05, 0.1) is 10.6 Å². The van der Waals surface area contributed by atoms with Gasteiger partial charge in [0.25, 0.3) is 5.91 Å². The zero-order chi connectivity index (χ0) is 14.7. The minimum atomic E-state index is -1.05. The Hall–Kier alpha value is -0.910. The van der Waals surface area contributed by atoms with Crippen LogP contribution in [0.3, 0.4) is 0 Å². The van der Waals surface area contributed by atoms with E-state index in [0.29, 0.717) is 19.0 Å². The molecule has 0 saturated carbocycles. The molecule has 1 N–H and O–H groups in total. The molecule has 1 aromatic carbocycles. The van der Waals surface area contributed by atoms with Crippen LogP contribution < -0.4 is 5.32 Å². The first kappa shape index (κ1) is 18.1. The molecule has 0 aliphatic carbocycles. The highest BCUT2D eigenvalue weighted by Gasteiger charge is 2.26. The summed E-state index contributed by atoms with van der Waals surface area (Å²) in [5.41, 5.74) is 0.0238.